The highest BCUT2D eigenvalue weighted by Gasteiger charge is 2.43. The molecule has 4 rings (SSSR count). The van der Waals surface area contributed by atoms with E-state index >= 15 is 0 Å². The molecule has 1 N–H and O–H groups in total. The Morgan fingerprint density at radius 2 is 2.00 bits per heavy atom. The van der Waals surface area contributed by atoms with Crippen LogP contribution in [-0.4, -0.2) is 48.4 Å². The summed E-state index contributed by atoms with van der Waals surface area (Å²) in [5.41, 5.74) is 0.444. The van der Waals surface area contributed by atoms with E-state index in [9.17, 15) is 5.11 Å². The summed E-state index contributed by atoms with van der Waals surface area (Å²) in [5, 5.41) is 23.2. The van der Waals surface area contributed by atoms with Gasteiger partial charge in [0.1, 0.15) is 0 Å². The predicted molar refractivity (Wildman–Crippen MR) is 95.2 cm³/mol. The van der Waals surface area contributed by atoms with Crippen molar-refractivity contribution < 1.29 is 5.11 Å². The van der Waals surface area contributed by atoms with Gasteiger partial charge < -0.3 is 5.11 Å². The second-order valence-corrected chi connectivity index (χ2v) is 7.73. The number of benzene rings is 1. The summed E-state index contributed by atoms with van der Waals surface area (Å²) in [6, 6.07) is 10.5. The maximum atomic E-state index is 10.9. The summed E-state index contributed by atoms with van der Waals surface area (Å²) in [4.78, 5) is 2.48. The van der Waals surface area contributed by atoms with Crippen molar-refractivity contribution in [2.24, 2.45) is 5.92 Å². The maximum absolute atomic E-state index is 10.9. The minimum atomic E-state index is -0.545. The van der Waals surface area contributed by atoms with Gasteiger partial charge in [-0.2, -0.15) is 4.68 Å². The van der Waals surface area contributed by atoms with Crippen LogP contribution in [0.1, 0.15) is 51.3 Å². The number of likely N-dealkylation sites (tertiary alicyclic amines) is 1. The first kappa shape index (κ1) is 16.7. The molecular formula is C19H27N5O. The van der Waals surface area contributed by atoms with Crippen LogP contribution < -0.4 is 0 Å². The SMILES string of the molecule is C[C@]1(O)CCCC[C@H]1[C@@H]1CCCN1Cc1nnnn1-c1ccccc1. The van der Waals surface area contributed by atoms with Gasteiger partial charge in [-0.1, -0.05) is 31.0 Å². The normalized spacial score (nSPS) is 30.6. The average molecular weight is 341 g/mol. The van der Waals surface area contributed by atoms with Crippen LogP contribution in [0.2, 0.25) is 0 Å². The third-order valence-corrected chi connectivity index (χ3v) is 6.00. The van der Waals surface area contributed by atoms with Crippen molar-refractivity contribution in [1.82, 2.24) is 25.1 Å². The number of aliphatic hydroxyl groups is 1. The fourth-order valence-electron chi connectivity index (χ4n) is 4.71. The van der Waals surface area contributed by atoms with Gasteiger partial charge in [0, 0.05) is 12.0 Å². The van der Waals surface area contributed by atoms with Gasteiger partial charge in [-0.05, 0) is 61.7 Å². The number of hydrogen-bond donors (Lipinski definition) is 1. The van der Waals surface area contributed by atoms with Crippen molar-refractivity contribution in [3.8, 4) is 5.69 Å². The van der Waals surface area contributed by atoms with Gasteiger partial charge in [0.25, 0.3) is 0 Å². The highest BCUT2D eigenvalue weighted by molar-refractivity contribution is 5.30. The Labute approximate surface area is 148 Å². The van der Waals surface area contributed by atoms with E-state index in [0.717, 1.165) is 50.3 Å². The molecule has 1 saturated carbocycles. The zero-order chi connectivity index (χ0) is 17.3. The highest BCUT2D eigenvalue weighted by atomic mass is 16.3. The maximum Gasteiger partial charge on any atom is 0.170 e. The molecule has 3 atom stereocenters. The molecule has 0 spiro atoms. The Morgan fingerprint density at radius 1 is 1.16 bits per heavy atom. The Balaban J connectivity index is 1.54. The van der Waals surface area contributed by atoms with Crippen molar-refractivity contribution in [3.05, 3.63) is 36.2 Å². The van der Waals surface area contributed by atoms with Gasteiger partial charge in [-0.15, -0.1) is 5.10 Å². The van der Waals surface area contributed by atoms with Crippen molar-refractivity contribution in [1.29, 1.82) is 0 Å². The standard InChI is InChI=1S/C19H27N5O/c1-19(25)12-6-5-10-16(19)17-11-7-13-23(17)14-18-20-21-22-24(18)15-8-3-2-4-9-15/h2-4,8-9,16-17,25H,5-7,10-14H2,1H3/t16-,17-,19-/m0/s1. The number of para-hydroxylation sites is 1. The molecule has 0 bridgehead atoms. The number of tetrazole rings is 1. The summed E-state index contributed by atoms with van der Waals surface area (Å²) in [7, 11) is 0. The van der Waals surface area contributed by atoms with E-state index in [1.807, 2.05) is 41.9 Å². The quantitative estimate of drug-likeness (QED) is 0.926. The van der Waals surface area contributed by atoms with Crippen LogP contribution in [0.15, 0.2) is 30.3 Å². The van der Waals surface area contributed by atoms with Crippen molar-refractivity contribution in [2.45, 2.75) is 63.6 Å². The Hall–Kier alpha value is -1.79. The topological polar surface area (TPSA) is 67.1 Å². The van der Waals surface area contributed by atoms with Gasteiger partial charge in [-0.25, -0.2) is 0 Å². The van der Waals surface area contributed by atoms with E-state index in [2.05, 4.69) is 20.4 Å². The van der Waals surface area contributed by atoms with Crippen molar-refractivity contribution in [3.63, 3.8) is 0 Å². The van der Waals surface area contributed by atoms with Crippen LogP contribution in [0.5, 0.6) is 0 Å². The zero-order valence-corrected chi connectivity index (χ0v) is 14.9. The lowest BCUT2D eigenvalue weighted by Gasteiger charge is -2.43. The molecule has 1 aromatic heterocycles. The summed E-state index contributed by atoms with van der Waals surface area (Å²) in [6.07, 6.45) is 6.76. The third-order valence-electron chi connectivity index (χ3n) is 6.00. The summed E-state index contributed by atoms with van der Waals surface area (Å²) >= 11 is 0. The van der Waals surface area contributed by atoms with Crippen molar-refractivity contribution >= 4 is 0 Å². The molecule has 1 aliphatic heterocycles. The lowest BCUT2D eigenvalue weighted by Crippen LogP contribution is -2.48. The van der Waals surface area contributed by atoms with Gasteiger partial charge in [-0.3, -0.25) is 4.90 Å². The molecular weight excluding hydrogens is 314 g/mol. The van der Waals surface area contributed by atoms with Crippen LogP contribution in [0.3, 0.4) is 0 Å². The van der Waals surface area contributed by atoms with E-state index in [1.54, 1.807) is 0 Å². The molecule has 6 nitrogen and oxygen atoms in total. The van der Waals surface area contributed by atoms with E-state index in [0.29, 0.717) is 12.0 Å². The Morgan fingerprint density at radius 3 is 2.80 bits per heavy atom. The van der Waals surface area contributed by atoms with Crippen LogP contribution >= 0.6 is 0 Å². The summed E-state index contributed by atoms with van der Waals surface area (Å²) < 4.78 is 1.83. The molecule has 1 aromatic carbocycles. The fraction of sp³-hybridized carbons (Fsp3) is 0.632. The molecule has 2 heterocycles. The Kier molecular flexibility index (Phi) is 4.56. The lowest BCUT2D eigenvalue weighted by atomic mass is 9.72. The van der Waals surface area contributed by atoms with E-state index in [1.165, 1.54) is 12.8 Å². The lowest BCUT2D eigenvalue weighted by molar-refractivity contribution is -0.0631. The smallest absolute Gasteiger partial charge is 0.170 e. The molecule has 2 aliphatic rings. The van der Waals surface area contributed by atoms with Crippen LogP contribution in [0.4, 0.5) is 0 Å². The van der Waals surface area contributed by atoms with Gasteiger partial charge in [0.05, 0.1) is 17.8 Å². The van der Waals surface area contributed by atoms with Gasteiger partial charge in [0.15, 0.2) is 5.82 Å². The predicted octanol–water partition coefficient (Wildman–Crippen LogP) is 2.57. The molecule has 0 unspecified atom stereocenters. The fourth-order valence-corrected chi connectivity index (χ4v) is 4.71. The average Bonchev–Trinajstić information content (AvgIpc) is 3.25. The summed E-state index contributed by atoms with van der Waals surface area (Å²) in [5.74, 6) is 1.22. The molecule has 2 aromatic rings. The first-order valence-corrected chi connectivity index (χ1v) is 9.44. The van der Waals surface area contributed by atoms with Crippen LogP contribution in [0, 0.1) is 5.92 Å². The number of nitrogens with zero attached hydrogens (tertiary/aromatic N) is 5. The third kappa shape index (κ3) is 3.33. The first-order valence-electron chi connectivity index (χ1n) is 9.44. The number of rotatable bonds is 4. The minimum absolute atomic E-state index is 0.352. The van der Waals surface area contributed by atoms with Crippen LogP contribution in [0.25, 0.3) is 5.69 Å². The monoisotopic (exact) mass is 341 g/mol. The molecule has 0 amide bonds. The molecule has 134 valence electrons. The zero-order valence-electron chi connectivity index (χ0n) is 14.9. The van der Waals surface area contributed by atoms with Crippen molar-refractivity contribution in [2.75, 3.05) is 6.54 Å². The van der Waals surface area contributed by atoms with E-state index < -0.39 is 5.60 Å². The molecule has 0 radical (unpaired) electrons. The molecule has 25 heavy (non-hydrogen) atoms. The molecule has 1 aliphatic carbocycles. The van der Waals surface area contributed by atoms with Crippen LogP contribution in [-0.2, 0) is 6.54 Å². The highest BCUT2D eigenvalue weighted by Crippen LogP contribution is 2.41. The molecule has 1 saturated heterocycles. The van der Waals surface area contributed by atoms with Gasteiger partial charge in [0.2, 0.25) is 0 Å². The summed E-state index contributed by atoms with van der Waals surface area (Å²) in [6.45, 7) is 3.82. The second-order valence-electron chi connectivity index (χ2n) is 7.73. The largest absolute Gasteiger partial charge is 0.390 e. The number of aromatic nitrogens is 4. The minimum Gasteiger partial charge on any atom is -0.390 e. The molecule has 2 fully saturated rings. The Bertz CT molecular complexity index is 699. The van der Waals surface area contributed by atoms with E-state index in [-0.39, 0.29) is 0 Å². The molecule has 6 heteroatoms. The number of hydrogen-bond acceptors (Lipinski definition) is 5. The van der Waals surface area contributed by atoms with E-state index in [4.69, 9.17) is 0 Å². The first-order chi connectivity index (χ1) is 12.1. The van der Waals surface area contributed by atoms with Gasteiger partial charge >= 0.3 is 0 Å². The second kappa shape index (κ2) is 6.84.